The highest BCUT2D eigenvalue weighted by Crippen LogP contribution is 2.37. The third-order valence-electron chi connectivity index (χ3n) is 5.64. The molecule has 0 spiro atoms. The molecule has 2 aromatic carbocycles. The molecule has 0 aliphatic heterocycles. The molecule has 2 heterocycles. The van der Waals surface area contributed by atoms with E-state index >= 15 is 0 Å². The Labute approximate surface area is 203 Å². The van der Waals surface area contributed by atoms with Gasteiger partial charge in [0.1, 0.15) is 22.8 Å². The number of amides is 1. The van der Waals surface area contributed by atoms with Crippen LogP contribution in [0.3, 0.4) is 0 Å². The van der Waals surface area contributed by atoms with E-state index in [2.05, 4.69) is 15.3 Å². The second-order valence-electron chi connectivity index (χ2n) is 7.89. The van der Waals surface area contributed by atoms with E-state index in [0.717, 1.165) is 6.07 Å². The van der Waals surface area contributed by atoms with E-state index in [1.54, 1.807) is 18.2 Å². The van der Waals surface area contributed by atoms with Crippen LogP contribution in [0.2, 0.25) is 0 Å². The number of methoxy groups -OCH3 is 1. The van der Waals surface area contributed by atoms with Crippen LogP contribution in [-0.2, 0) is 12.7 Å². The minimum atomic E-state index is -4.64. The number of benzene rings is 2. The molecule has 0 saturated carbocycles. The minimum absolute atomic E-state index is 0.00959. The third kappa shape index (κ3) is 4.87. The Kier molecular flexibility index (Phi) is 6.93. The molecular formula is C25H22F4N4O3. The summed E-state index contributed by atoms with van der Waals surface area (Å²) in [6, 6.07) is 10.4. The van der Waals surface area contributed by atoms with Crippen LogP contribution in [-0.4, -0.2) is 23.0 Å². The third-order valence-corrected chi connectivity index (χ3v) is 5.64. The fourth-order valence-corrected chi connectivity index (χ4v) is 3.83. The van der Waals surface area contributed by atoms with Crippen LogP contribution >= 0.6 is 0 Å². The lowest BCUT2D eigenvalue weighted by atomic mass is 10.0. The van der Waals surface area contributed by atoms with Crippen molar-refractivity contribution in [3.63, 3.8) is 0 Å². The number of rotatable bonds is 7. The fraction of sp³-hybridized carbons (Fsp3) is 0.240. The number of carbonyl (C=O) groups is 1. The number of oxazole rings is 1. The first-order chi connectivity index (χ1) is 17.2. The summed E-state index contributed by atoms with van der Waals surface area (Å²) in [4.78, 5) is 21.1. The van der Waals surface area contributed by atoms with E-state index in [0.29, 0.717) is 17.5 Å². The smallest absolute Gasteiger partial charge is 0.433 e. The average Bonchev–Trinajstić information content (AvgIpc) is 3.30. The zero-order chi connectivity index (χ0) is 26.0. The van der Waals surface area contributed by atoms with Crippen LogP contribution in [0.1, 0.15) is 46.9 Å². The quantitative estimate of drug-likeness (QED) is 0.328. The monoisotopic (exact) mass is 502 g/mol. The molecule has 4 aromatic rings. The number of halogens is 4. The van der Waals surface area contributed by atoms with Crippen LogP contribution in [0.25, 0.3) is 22.4 Å². The van der Waals surface area contributed by atoms with E-state index in [9.17, 15) is 22.4 Å². The Morgan fingerprint density at radius 2 is 1.83 bits per heavy atom. The molecule has 0 radical (unpaired) electrons. The van der Waals surface area contributed by atoms with Gasteiger partial charge in [-0.25, -0.2) is 14.4 Å². The maximum atomic E-state index is 13.3. The number of hydrogen-bond acceptors (Lipinski definition) is 6. The number of pyridine rings is 1. The number of nitrogens with zero attached hydrogens (tertiary/aromatic N) is 2. The minimum Gasteiger partial charge on any atom is -0.494 e. The van der Waals surface area contributed by atoms with E-state index < -0.39 is 29.6 Å². The van der Waals surface area contributed by atoms with Crippen LogP contribution in [0.4, 0.5) is 17.6 Å². The van der Waals surface area contributed by atoms with Gasteiger partial charge in [-0.3, -0.25) is 4.79 Å². The number of fused-ring (bicyclic) bond motifs is 1. The van der Waals surface area contributed by atoms with E-state index in [1.165, 1.54) is 31.4 Å². The normalized spacial score (nSPS) is 12.5. The highest BCUT2D eigenvalue weighted by Gasteiger charge is 2.33. The number of carbonyl (C=O) groups excluding carboxylic acids is 1. The van der Waals surface area contributed by atoms with Crippen molar-refractivity contribution < 1.29 is 31.5 Å². The second kappa shape index (κ2) is 9.94. The maximum absolute atomic E-state index is 13.3. The number of nitrogens with one attached hydrogen (secondary N) is 1. The summed E-state index contributed by atoms with van der Waals surface area (Å²) in [5, 5.41) is 3.13. The molecule has 7 nitrogen and oxygen atoms in total. The zero-order valence-corrected chi connectivity index (χ0v) is 19.3. The lowest BCUT2D eigenvalue weighted by molar-refractivity contribution is -0.140. The van der Waals surface area contributed by atoms with E-state index in [4.69, 9.17) is 14.9 Å². The molecule has 0 bridgehead atoms. The van der Waals surface area contributed by atoms with Gasteiger partial charge in [-0.1, -0.05) is 19.1 Å². The second-order valence-corrected chi connectivity index (χ2v) is 7.89. The predicted molar refractivity (Wildman–Crippen MR) is 124 cm³/mol. The molecule has 36 heavy (non-hydrogen) atoms. The largest absolute Gasteiger partial charge is 0.494 e. The molecule has 11 heteroatoms. The summed E-state index contributed by atoms with van der Waals surface area (Å²) in [6.07, 6.45) is -4.12. The summed E-state index contributed by atoms with van der Waals surface area (Å²) in [6.45, 7) is 1.71. The van der Waals surface area contributed by atoms with Gasteiger partial charge in [0.2, 0.25) is 5.89 Å². The van der Waals surface area contributed by atoms with Gasteiger partial charge in [0.05, 0.1) is 19.7 Å². The standard InChI is InChI=1S/C25H22F4N4O3/c1-3-17(13-4-6-14(26)7-5-13)31-23(34)22-19(12-30)36-24(33-22)16-8-10-18(35-2)21-15(16)9-11-20(32-21)25(27,28)29/h4-11,17H,3,12,30H2,1-2H3,(H,31,34)/t17-/m0/s1. The predicted octanol–water partition coefficient (Wildman–Crippen LogP) is 5.40. The number of hydrogen-bond donors (Lipinski definition) is 2. The lowest BCUT2D eigenvalue weighted by Crippen LogP contribution is -2.29. The number of ether oxygens (including phenoxy) is 1. The van der Waals surface area contributed by atoms with Crippen molar-refractivity contribution in [1.29, 1.82) is 0 Å². The number of nitrogens with two attached hydrogens (primary N) is 1. The van der Waals surface area contributed by atoms with Crippen molar-refractivity contribution in [3.05, 3.63) is 77.1 Å². The highest BCUT2D eigenvalue weighted by molar-refractivity contribution is 5.98. The van der Waals surface area contributed by atoms with Crippen molar-refractivity contribution in [2.75, 3.05) is 7.11 Å². The summed E-state index contributed by atoms with van der Waals surface area (Å²) in [5.41, 5.74) is 5.63. The zero-order valence-electron chi connectivity index (χ0n) is 19.3. The summed E-state index contributed by atoms with van der Waals surface area (Å²) < 4.78 is 63.9. The summed E-state index contributed by atoms with van der Waals surface area (Å²) >= 11 is 0. The van der Waals surface area contributed by atoms with Crippen LogP contribution < -0.4 is 15.8 Å². The molecule has 3 N–H and O–H groups in total. The lowest BCUT2D eigenvalue weighted by Gasteiger charge is -2.17. The van der Waals surface area contributed by atoms with Gasteiger partial charge in [0.25, 0.3) is 5.91 Å². The van der Waals surface area contributed by atoms with Gasteiger partial charge in [0.15, 0.2) is 11.5 Å². The average molecular weight is 502 g/mol. The molecular weight excluding hydrogens is 480 g/mol. The van der Waals surface area contributed by atoms with Crippen molar-refractivity contribution in [2.45, 2.75) is 32.1 Å². The Hall–Kier alpha value is -3.99. The fourth-order valence-electron chi connectivity index (χ4n) is 3.83. The first-order valence-electron chi connectivity index (χ1n) is 11.0. The van der Waals surface area contributed by atoms with Gasteiger partial charge in [0, 0.05) is 10.9 Å². The molecule has 0 unspecified atom stereocenters. The van der Waals surface area contributed by atoms with Crippen molar-refractivity contribution in [2.24, 2.45) is 5.73 Å². The Morgan fingerprint density at radius 3 is 2.44 bits per heavy atom. The number of alkyl halides is 3. The van der Waals surface area contributed by atoms with Crippen LogP contribution in [0, 0.1) is 5.82 Å². The van der Waals surface area contributed by atoms with Gasteiger partial charge < -0.3 is 20.2 Å². The van der Waals surface area contributed by atoms with Crippen molar-refractivity contribution in [3.8, 4) is 17.2 Å². The first kappa shape index (κ1) is 25.1. The van der Waals surface area contributed by atoms with Crippen molar-refractivity contribution in [1.82, 2.24) is 15.3 Å². The van der Waals surface area contributed by atoms with Gasteiger partial charge in [-0.2, -0.15) is 13.2 Å². The summed E-state index contributed by atoms with van der Waals surface area (Å²) in [5.74, 6) is -0.731. The number of aromatic nitrogens is 2. The topological polar surface area (TPSA) is 103 Å². The molecule has 0 aliphatic rings. The van der Waals surface area contributed by atoms with Crippen LogP contribution in [0.15, 0.2) is 52.9 Å². The Morgan fingerprint density at radius 1 is 1.11 bits per heavy atom. The molecule has 0 saturated heterocycles. The van der Waals surface area contributed by atoms with Gasteiger partial charge in [-0.15, -0.1) is 0 Å². The molecule has 0 aliphatic carbocycles. The van der Waals surface area contributed by atoms with E-state index in [1.807, 2.05) is 6.92 Å². The van der Waals surface area contributed by atoms with Crippen LogP contribution in [0.5, 0.6) is 5.75 Å². The maximum Gasteiger partial charge on any atom is 0.433 e. The molecule has 0 fully saturated rings. The molecule has 4 rings (SSSR count). The van der Waals surface area contributed by atoms with Gasteiger partial charge >= 0.3 is 6.18 Å². The SMILES string of the molecule is CC[C@H](NC(=O)c1nc(-c2ccc(OC)c3nc(C(F)(F)F)ccc23)oc1CN)c1ccc(F)cc1. The summed E-state index contributed by atoms with van der Waals surface area (Å²) in [7, 11) is 1.32. The highest BCUT2D eigenvalue weighted by atomic mass is 19.4. The first-order valence-corrected chi connectivity index (χ1v) is 11.0. The van der Waals surface area contributed by atoms with Crippen molar-refractivity contribution >= 4 is 16.8 Å². The molecule has 2 aromatic heterocycles. The van der Waals surface area contributed by atoms with Gasteiger partial charge in [-0.05, 0) is 48.4 Å². The molecule has 188 valence electrons. The Balaban J connectivity index is 1.73. The van der Waals surface area contributed by atoms with E-state index in [-0.39, 0.29) is 40.5 Å². The molecule has 1 amide bonds. The molecule has 1 atom stereocenters. The Bertz CT molecular complexity index is 1400.